The number of hydrogen-bond donors (Lipinski definition) is 2. The van der Waals surface area contributed by atoms with E-state index in [1.54, 1.807) is 0 Å². The molecule has 1 aromatic heterocycles. The van der Waals surface area contributed by atoms with Crippen molar-refractivity contribution in [2.45, 2.75) is 57.9 Å². The van der Waals surface area contributed by atoms with E-state index >= 15 is 0 Å². The van der Waals surface area contributed by atoms with E-state index < -0.39 is 0 Å². The number of aromatic nitrogens is 2. The molecule has 0 bridgehead atoms. The topological polar surface area (TPSA) is 63.8 Å². The minimum atomic E-state index is 0.0314. The Morgan fingerprint density at radius 3 is 2.78 bits per heavy atom. The van der Waals surface area contributed by atoms with Crippen LogP contribution in [0.3, 0.4) is 0 Å². The maximum atomic E-state index is 6.00. The summed E-state index contributed by atoms with van der Waals surface area (Å²) in [5, 5.41) is 4.36. The highest BCUT2D eigenvalue weighted by molar-refractivity contribution is 7.09. The standard InChI is InChI=1S/C13H24N4S/c1-13(2,3)11-16-12(18-17-11)15-8-9-5-4-6-10(14)7-9/h9-10H,4-8,14H2,1-3H3,(H,15,16,17). The third kappa shape index (κ3) is 3.65. The van der Waals surface area contributed by atoms with Crippen molar-refractivity contribution in [1.82, 2.24) is 9.36 Å². The summed E-state index contributed by atoms with van der Waals surface area (Å²) in [6.45, 7) is 7.39. The van der Waals surface area contributed by atoms with Gasteiger partial charge >= 0.3 is 0 Å². The van der Waals surface area contributed by atoms with Crippen LogP contribution in [0.2, 0.25) is 0 Å². The van der Waals surface area contributed by atoms with E-state index in [2.05, 4.69) is 35.4 Å². The number of rotatable bonds is 3. The molecule has 5 heteroatoms. The van der Waals surface area contributed by atoms with Crippen LogP contribution in [0.1, 0.15) is 52.3 Å². The molecule has 0 aliphatic heterocycles. The van der Waals surface area contributed by atoms with Gasteiger partial charge in [-0.05, 0) is 25.2 Å². The second-order valence-electron chi connectivity index (χ2n) is 6.35. The first-order valence-electron chi connectivity index (χ1n) is 6.79. The Labute approximate surface area is 114 Å². The Balaban J connectivity index is 1.85. The van der Waals surface area contributed by atoms with Crippen LogP contribution in [-0.2, 0) is 5.41 Å². The zero-order chi connectivity index (χ0) is 13.2. The fraction of sp³-hybridized carbons (Fsp3) is 0.846. The van der Waals surface area contributed by atoms with Gasteiger partial charge in [0.05, 0.1) is 0 Å². The molecule has 0 aromatic carbocycles. The molecule has 2 rings (SSSR count). The lowest BCUT2D eigenvalue weighted by atomic mass is 9.86. The van der Waals surface area contributed by atoms with Crippen molar-refractivity contribution in [2.24, 2.45) is 11.7 Å². The summed E-state index contributed by atoms with van der Waals surface area (Å²) in [7, 11) is 0. The predicted molar refractivity (Wildman–Crippen MR) is 77.0 cm³/mol. The normalized spacial score (nSPS) is 25.1. The lowest BCUT2D eigenvalue weighted by Gasteiger charge is -2.26. The zero-order valence-corrected chi connectivity index (χ0v) is 12.4. The van der Waals surface area contributed by atoms with E-state index in [0.29, 0.717) is 12.0 Å². The van der Waals surface area contributed by atoms with E-state index in [1.807, 2.05) is 0 Å². The van der Waals surface area contributed by atoms with Crippen LogP contribution in [0.25, 0.3) is 0 Å². The molecule has 18 heavy (non-hydrogen) atoms. The van der Waals surface area contributed by atoms with Gasteiger partial charge in [0.15, 0.2) is 0 Å². The average molecular weight is 268 g/mol. The molecule has 0 saturated heterocycles. The molecule has 102 valence electrons. The number of hydrogen-bond acceptors (Lipinski definition) is 5. The summed E-state index contributed by atoms with van der Waals surface area (Å²) in [5.41, 5.74) is 6.03. The molecule has 4 nitrogen and oxygen atoms in total. The summed E-state index contributed by atoms with van der Waals surface area (Å²) in [6.07, 6.45) is 4.86. The van der Waals surface area contributed by atoms with Crippen LogP contribution in [0.5, 0.6) is 0 Å². The minimum Gasteiger partial charge on any atom is -0.360 e. The Morgan fingerprint density at radius 2 is 2.17 bits per heavy atom. The summed E-state index contributed by atoms with van der Waals surface area (Å²) in [4.78, 5) is 4.55. The largest absolute Gasteiger partial charge is 0.360 e. The first-order valence-corrected chi connectivity index (χ1v) is 7.56. The van der Waals surface area contributed by atoms with E-state index in [0.717, 1.165) is 23.9 Å². The fourth-order valence-electron chi connectivity index (χ4n) is 2.35. The van der Waals surface area contributed by atoms with E-state index in [9.17, 15) is 0 Å². The fourth-order valence-corrected chi connectivity index (χ4v) is 3.11. The van der Waals surface area contributed by atoms with Gasteiger partial charge in [-0.25, -0.2) is 4.98 Å². The second-order valence-corrected chi connectivity index (χ2v) is 7.10. The maximum absolute atomic E-state index is 6.00. The Bertz CT molecular complexity index is 383. The zero-order valence-electron chi connectivity index (χ0n) is 11.6. The molecule has 0 spiro atoms. The molecular formula is C13H24N4S. The van der Waals surface area contributed by atoms with Crippen LogP contribution in [0, 0.1) is 5.92 Å². The van der Waals surface area contributed by atoms with Gasteiger partial charge in [0.25, 0.3) is 0 Å². The lowest BCUT2D eigenvalue weighted by molar-refractivity contribution is 0.335. The van der Waals surface area contributed by atoms with Crippen LogP contribution < -0.4 is 11.1 Å². The molecule has 1 aromatic rings. The maximum Gasteiger partial charge on any atom is 0.202 e. The molecule has 1 fully saturated rings. The van der Waals surface area contributed by atoms with Crippen LogP contribution >= 0.6 is 11.5 Å². The highest BCUT2D eigenvalue weighted by Crippen LogP contribution is 2.25. The van der Waals surface area contributed by atoms with Gasteiger partial charge < -0.3 is 11.1 Å². The van der Waals surface area contributed by atoms with Crippen LogP contribution in [0.4, 0.5) is 5.13 Å². The molecule has 3 N–H and O–H groups in total. The van der Waals surface area contributed by atoms with Gasteiger partial charge in [-0.2, -0.15) is 4.37 Å². The molecule has 1 aliphatic rings. The molecule has 2 atom stereocenters. The highest BCUT2D eigenvalue weighted by atomic mass is 32.1. The summed E-state index contributed by atoms with van der Waals surface area (Å²) in [5.74, 6) is 1.62. The molecular weight excluding hydrogens is 244 g/mol. The minimum absolute atomic E-state index is 0.0314. The van der Waals surface area contributed by atoms with Crippen molar-refractivity contribution in [3.8, 4) is 0 Å². The second kappa shape index (κ2) is 5.53. The lowest BCUT2D eigenvalue weighted by Crippen LogP contribution is -2.30. The van der Waals surface area contributed by atoms with Crippen molar-refractivity contribution < 1.29 is 0 Å². The first-order chi connectivity index (χ1) is 8.45. The van der Waals surface area contributed by atoms with E-state index in [1.165, 1.54) is 30.8 Å². The SMILES string of the molecule is CC(C)(C)c1nsc(NCC2CCCC(N)C2)n1. The van der Waals surface area contributed by atoms with Gasteiger partial charge in [0.2, 0.25) is 5.13 Å². The quantitative estimate of drug-likeness (QED) is 0.885. The van der Waals surface area contributed by atoms with Gasteiger partial charge in [-0.1, -0.05) is 27.2 Å². The molecule has 1 aliphatic carbocycles. The van der Waals surface area contributed by atoms with Gasteiger partial charge in [0, 0.05) is 29.5 Å². The van der Waals surface area contributed by atoms with Gasteiger partial charge in [-0.3, -0.25) is 0 Å². The molecule has 1 saturated carbocycles. The van der Waals surface area contributed by atoms with Gasteiger partial charge in [0.1, 0.15) is 5.82 Å². The Hall–Kier alpha value is -0.680. The predicted octanol–water partition coefficient (Wildman–Crippen LogP) is 2.77. The summed E-state index contributed by atoms with van der Waals surface area (Å²) < 4.78 is 4.41. The molecule has 1 heterocycles. The molecule has 2 unspecified atom stereocenters. The summed E-state index contributed by atoms with van der Waals surface area (Å²) >= 11 is 1.46. The first kappa shape index (κ1) is 13.7. The number of nitrogens with one attached hydrogen (secondary N) is 1. The molecule has 0 amide bonds. The van der Waals surface area contributed by atoms with Crippen molar-refractivity contribution in [2.75, 3.05) is 11.9 Å². The third-order valence-electron chi connectivity index (χ3n) is 3.46. The smallest absolute Gasteiger partial charge is 0.202 e. The number of anilines is 1. The van der Waals surface area contributed by atoms with Crippen LogP contribution in [0.15, 0.2) is 0 Å². The Morgan fingerprint density at radius 1 is 1.39 bits per heavy atom. The monoisotopic (exact) mass is 268 g/mol. The number of nitrogens with zero attached hydrogens (tertiary/aromatic N) is 2. The van der Waals surface area contributed by atoms with Crippen molar-refractivity contribution in [3.05, 3.63) is 5.82 Å². The van der Waals surface area contributed by atoms with Crippen molar-refractivity contribution in [1.29, 1.82) is 0 Å². The van der Waals surface area contributed by atoms with E-state index in [4.69, 9.17) is 5.73 Å². The third-order valence-corrected chi connectivity index (χ3v) is 4.13. The summed E-state index contributed by atoms with van der Waals surface area (Å²) in [6, 6.07) is 0.394. The van der Waals surface area contributed by atoms with Crippen molar-refractivity contribution >= 4 is 16.7 Å². The van der Waals surface area contributed by atoms with Gasteiger partial charge in [-0.15, -0.1) is 0 Å². The Kier molecular flexibility index (Phi) is 4.22. The average Bonchev–Trinajstić information content (AvgIpc) is 2.74. The highest BCUT2D eigenvalue weighted by Gasteiger charge is 2.21. The molecule has 0 radical (unpaired) electrons. The van der Waals surface area contributed by atoms with Crippen molar-refractivity contribution in [3.63, 3.8) is 0 Å². The van der Waals surface area contributed by atoms with Crippen LogP contribution in [-0.4, -0.2) is 21.9 Å². The van der Waals surface area contributed by atoms with E-state index in [-0.39, 0.29) is 5.41 Å². The number of nitrogens with two attached hydrogens (primary N) is 1.